The molecule has 0 N–H and O–H groups in total. The van der Waals surface area contributed by atoms with Crippen LogP contribution in [-0.4, -0.2) is 49.7 Å². The molecule has 1 aliphatic carbocycles. The molecule has 0 radical (unpaired) electrons. The summed E-state index contributed by atoms with van der Waals surface area (Å²) in [6.45, 7) is 8.25. The number of rotatable bonds is 15. The molecule has 3 aromatic carbocycles. The summed E-state index contributed by atoms with van der Waals surface area (Å²) >= 11 is 0. The Morgan fingerprint density at radius 1 is 0.796 bits per heavy atom. The normalized spacial score (nSPS) is 18.1. The highest BCUT2D eigenvalue weighted by molar-refractivity contribution is 5.89. The van der Waals surface area contributed by atoms with E-state index in [1.54, 1.807) is 7.11 Å². The van der Waals surface area contributed by atoms with Crippen molar-refractivity contribution in [3.63, 3.8) is 0 Å². The van der Waals surface area contributed by atoms with Crippen LogP contribution in [0.2, 0.25) is 0 Å². The number of nitrogens with zero attached hydrogens (tertiary/aromatic N) is 1. The van der Waals surface area contributed by atoms with Crippen molar-refractivity contribution >= 4 is 11.9 Å². The van der Waals surface area contributed by atoms with Crippen LogP contribution in [0.4, 0.5) is 0 Å². The Bertz CT molecular complexity index is 1510. The first-order valence-electron chi connectivity index (χ1n) is 18.7. The number of unbranched alkanes of at least 4 members (excludes halogenated alkanes) is 1. The van der Waals surface area contributed by atoms with Crippen molar-refractivity contribution in [2.24, 2.45) is 5.92 Å². The molecule has 1 saturated carbocycles. The van der Waals surface area contributed by atoms with E-state index in [1.807, 2.05) is 29.2 Å². The number of amides is 1. The molecule has 264 valence electrons. The van der Waals surface area contributed by atoms with Gasteiger partial charge < -0.3 is 19.1 Å². The predicted molar refractivity (Wildman–Crippen MR) is 196 cm³/mol. The van der Waals surface area contributed by atoms with Gasteiger partial charge in [-0.1, -0.05) is 79.4 Å². The van der Waals surface area contributed by atoms with Gasteiger partial charge in [0.05, 0.1) is 12.5 Å². The first kappa shape index (κ1) is 36.6. The van der Waals surface area contributed by atoms with Crippen LogP contribution in [-0.2, 0) is 25.5 Å². The van der Waals surface area contributed by atoms with E-state index >= 15 is 0 Å². The van der Waals surface area contributed by atoms with E-state index in [0.29, 0.717) is 38.5 Å². The molecule has 49 heavy (non-hydrogen) atoms. The summed E-state index contributed by atoms with van der Waals surface area (Å²) in [4.78, 5) is 30.8. The zero-order valence-electron chi connectivity index (χ0n) is 30.3. The van der Waals surface area contributed by atoms with E-state index in [-0.39, 0.29) is 17.8 Å². The number of esters is 1. The predicted octanol–water partition coefficient (Wildman–Crippen LogP) is 9.38. The Labute approximate surface area is 294 Å². The van der Waals surface area contributed by atoms with Gasteiger partial charge in [0.1, 0.15) is 17.9 Å². The number of ether oxygens (including phenoxy) is 3. The minimum Gasteiger partial charge on any atom is -0.494 e. The summed E-state index contributed by atoms with van der Waals surface area (Å²) in [6.07, 6.45) is 10.9. The Morgan fingerprint density at radius 2 is 1.55 bits per heavy atom. The lowest BCUT2D eigenvalue weighted by atomic mass is 9.75. The second-order valence-electron chi connectivity index (χ2n) is 14.3. The largest absolute Gasteiger partial charge is 0.494 e. The highest BCUT2D eigenvalue weighted by Crippen LogP contribution is 2.39. The maximum absolute atomic E-state index is 14.7. The van der Waals surface area contributed by atoms with Crippen LogP contribution in [0.3, 0.4) is 0 Å². The molecule has 1 aliphatic heterocycles. The molecule has 5 rings (SSSR count). The van der Waals surface area contributed by atoms with Crippen LogP contribution < -0.4 is 4.74 Å². The number of likely N-dealkylation sites (tertiary alicyclic amines) is 1. The van der Waals surface area contributed by atoms with Gasteiger partial charge in [0.25, 0.3) is 0 Å². The van der Waals surface area contributed by atoms with Gasteiger partial charge in [-0.2, -0.15) is 0 Å². The van der Waals surface area contributed by atoms with Crippen LogP contribution in [0.1, 0.15) is 116 Å². The lowest BCUT2D eigenvalue weighted by Gasteiger charge is -2.39. The smallest absolute Gasteiger partial charge is 0.329 e. The lowest BCUT2D eigenvalue weighted by molar-refractivity contribution is -0.163. The van der Waals surface area contributed by atoms with Crippen LogP contribution in [0.15, 0.2) is 66.7 Å². The maximum Gasteiger partial charge on any atom is 0.329 e. The maximum atomic E-state index is 14.7. The van der Waals surface area contributed by atoms with Gasteiger partial charge in [0.15, 0.2) is 0 Å². The average molecular weight is 668 g/mol. The second-order valence-corrected chi connectivity index (χ2v) is 14.3. The molecule has 6 nitrogen and oxygen atoms in total. The topological polar surface area (TPSA) is 65.1 Å². The van der Waals surface area contributed by atoms with Crippen molar-refractivity contribution in [1.82, 2.24) is 4.90 Å². The minimum absolute atomic E-state index is 0.0923. The molecule has 0 aromatic heterocycles. The number of hydrogen-bond donors (Lipinski definition) is 0. The third-order valence-corrected chi connectivity index (χ3v) is 10.6. The fourth-order valence-electron chi connectivity index (χ4n) is 7.68. The zero-order valence-corrected chi connectivity index (χ0v) is 30.3. The standard InChI is InChI=1S/C43H57NO5/c1-31-14-12-18-37(28-31)41(35-15-6-5-7-16-35)42(45)44-25-9-8-20-39(44)43(46)49-40(24-23-34-22-21-32(2)33(3)29-34)36-17-13-19-38(30-36)48-27-11-10-26-47-4/h12-14,17-19,21-22,28-30,35,39-41H,5-11,15-16,20,23-27H2,1-4H3/t39-,40+,41-/m0/s1. The van der Waals surface area contributed by atoms with Gasteiger partial charge in [-0.05, 0) is 124 Å². The van der Waals surface area contributed by atoms with Crippen molar-refractivity contribution in [3.05, 3.63) is 100 Å². The van der Waals surface area contributed by atoms with E-state index in [2.05, 4.69) is 63.2 Å². The van der Waals surface area contributed by atoms with Crippen molar-refractivity contribution in [3.8, 4) is 5.75 Å². The van der Waals surface area contributed by atoms with Crippen molar-refractivity contribution < 1.29 is 23.8 Å². The summed E-state index contributed by atoms with van der Waals surface area (Å²) in [5.41, 5.74) is 6.90. The SMILES string of the molecule is COCCCCOc1cccc([C@@H](CCc2ccc(C)c(C)c2)OC(=O)[C@@H]2CCCCN2C(=O)[C@H](c2cccc(C)c2)C2CCCCC2)c1. The van der Waals surface area contributed by atoms with Crippen LogP contribution in [0, 0.1) is 26.7 Å². The third kappa shape index (κ3) is 10.2. The summed E-state index contributed by atoms with van der Waals surface area (Å²) in [6, 6.07) is 22.4. The molecular weight excluding hydrogens is 610 g/mol. The van der Waals surface area contributed by atoms with E-state index in [9.17, 15) is 9.59 Å². The first-order chi connectivity index (χ1) is 23.8. The molecule has 1 saturated heterocycles. The fourth-order valence-corrected chi connectivity index (χ4v) is 7.68. The zero-order chi connectivity index (χ0) is 34.6. The van der Waals surface area contributed by atoms with Gasteiger partial charge in [0.2, 0.25) is 5.91 Å². The summed E-state index contributed by atoms with van der Waals surface area (Å²) in [5.74, 6) is 0.631. The summed E-state index contributed by atoms with van der Waals surface area (Å²) in [7, 11) is 1.71. The Morgan fingerprint density at radius 3 is 2.33 bits per heavy atom. The molecule has 2 aliphatic rings. The highest BCUT2D eigenvalue weighted by atomic mass is 16.5. The van der Waals surface area contributed by atoms with Crippen molar-refractivity contribution in [2.75, 3.05) is 26.9 Å². The van der Waals surface area contributed by atoms with Gasteiger partial charge in [-0.15, -0.1) is 0 Å². The quantitative estimate of drug-likeness (QED) is 0.119. The number of carbonyl (C=O) groups excluding carboxylic acids is 2. The fraction of sp³-hybridized carbons (Fsp3) is 0.535. The van der Waals surface area contributed by atoms with E-state index in [1.165, 1.54) is 23.1 Å². The Balaban J connectivity index is 1.37. The van der Waals surface area contributed by atoms with Crippen molar-refractivity contribution in [2.45, 2.75) is 116 Å². The van der Waals surface area contributed by atoms with Crippen LogP contribution in [0.25, 0.3) is 0 Å². The molecule has 3 atom stereocenters. The van der Waals surface area contributed by atoms with Gasteiger partial charge >= 0.3 is 5.97 Å². The number of benzene rings is 3. The number of aryl methyl sites for hydroxylation is 4. The molecule has 6 heteroatoms. The molecular formula is C43H57NO5. The lowest BCUT2D eigenvalue weighted by Crippen LogP contribution is -2.51. The van der Waals surface area contributed by atoms with Gasteiger partial charge in [-0.3, -0.25) is 4.79 Å². The molecule has 2 fully saturated rings. The van der Waals surface area contributed by atoms with Crippen LogP contribution >= 0.6 is 0 Å². The van der Waals surface area contributed by atoms with E-state index in [0.717, 1.165) is 80.2 Å². The summed E-state index contributed by atoms with van der Waals surface area (Å²) in [5, 5.41) is 0. The number of hydrogen-bond acceptors (Lipinski definition) is 5. The Kier molecular flexibility index (Phi) is 13.7. The average Bonchev–Trinajstić information content (AvgIpc) is 3.12. The minimum atomic E-state index is -0.582. The van der Waals surface area contributed by atoms with Gasteiger partial charge in [-0.25, -0.2) is 4.79 Å². The molecule has 0 spiro atoms. The molecule has 0 unspecified atom stereocenters. The summed E-state index contributed by atoms with van der Waals surface area (Å²) < 4.78 is 17.8. The molecule has 1 amide bonds. The molecule has 3 aromatic rings. The van der Waals surface area contributed by atoms with Gasteiger partial charge in [0, 0.05) is 20.3 Å². The second kappa shape index (κ2) is 18.4. The monoisotopic (exact) mass is 667 g/mol. The number of methoxy groups -OCH3 is 1. The van der Waals surface area contributed by atoms with E-state index in [4.69, 9.17) is 14.2 Å². The first-order valence-corrected chi connectivity index (χ1v) is 18.7. The van der Waals surface area contributed by atoms with Crippen LogP contribution in [0.5, 0.6) is 5.75 Å². The number of piperidine rings is 1. The Hall–Kier alpha value is -3.64. The molecule has 1 heterocycles. The highest BCUT2D eigenvalue weighted by Gasteiger charge is 2.40. The van der Waals surface area contributed by atoms with Crippen molar-refractivity contribution in [1.29, 1.82) is 0 Å². The third-order valence-electron chi connectivity index (χ3n) is 10.6. The van der Waals surface area contributed by atoms with E-state index < -0.39 is 12.1 Å². The molecule has 0 bridgehead atoms. The number of carbonyl (C=O) groups is 2.